The predicted molar refractivity (Wildman–Crippen MR) is 187 cm³/mol. The van der Waals surface area contributed by atoms with Gasteiger partial charge in [-0.15, -0.1) is 11.3 Å². The van der Waals surface area contributed by atoms with Crippen LogP contribution in [0.1, 0.15) is 0 Å². The molecule has 0 unspecified atom stereocenters. The summed E-state index contributed by atoms with van der Waals surface area (Å²) < 4.78 is 11.4. The first-order chi connectivity index (χ1) is 22.3. The molecule has 45 heavy (non-hydrogen) atoms. The Morgan fingerprint density at radius 1 is 0.511 bits per heavy atom. The highest BCUT2D eigenvalue weighted by Crippen LogP contribution is 2.41. The third kappa shape index (κ3) is 3.65. The SMILES string of the molecule is c1ccc(-c2nc(-c3cccc(-n4c5ccccc5c5ccccc54)c3)nc3c2oc2cc4sc5ccccc5c4cc23)cc1. The fourth-order valence-electron chi connectivity index (χ4n) is 6.77. The Bertz CT molecular complexity index is 2720. The molecule has 6 aromatic carbocycles. The molecular weight excluding hydrogens is 571 g/mol. The summed E-state index contributed by atoms with van der Waals surface area (Å²) in [7, 11) is 0. The van der Waals surface area contributed by atoms with Gasteiger partial charge in [-0.05, 0) is 42.5 Å². The Labute approximate surface area is 261 Å². The van der Waals surface area contributed by atoms with Crippen LogP contribution in [0.25, 0.3) is 92.4 Å². The van der Waals surface area contributed by atoms with Crippen LogP contribution in [0.15, 0.2) is 144 Å². The second-order valence-corrected chi connectivity index (χ2v) is 12.5. The summed E-state index contributed by atoms with van der Waals surface area (Å²) in [4.78, 5) is 10.4. The molecule has 0 fully saturated rings. The lowest BCUT2D eigenvalue weighted by Crippen LogP contribution is -1.97. The van der Waals surface area contributed by atoms with Crippen LogP contribution < -0.4 is 0 Å². The summed E-state index contributed by atoms with van der Waals surface area (Å²) >= 11 is 1.79. The molecule has 0 amide bonds. The first-order valence-electron chi connectivity index (χ1n) is 15.0. The summed E-state index contributed by atoms with van der Waals surface area (Å²) in [5.41, 5.74) is 8.51. The predicted octanol–water partition coefficient (Wildman–Crippen LogP) is 11.2. The lowest BCUT2D eigenvalue weighted by Gasteiger charge is -2.11. The molecule has 210 valence electrons. The molecule has 10 aromatic rings. The number of thiophene rings is 1. The average Bonchev–Trinajstić information content (AvgIpc) is 3.76. The zero-order valence-electron chi connectivity index (χ0n) is 23.9. The van der Waals surface area contributed by atoms with Gasteiger partial charge in [0.15, 0.2) is 11.4 Å². The van der Waals surface area contributed by atoms with Gasteiger partial charge in [0.05, 0.1) is 11.0 Å². The molecule has 0 atom stereocenters. The van der Waals surface area contributed by atoms with Crippen LogP contribution in [0.5, 0.6) is 0 Å². The molecule has 4 aromatic heterocycles. The Morgan fingerprint density at radius 3 is 2.00 bits per heavy atom. The Morgan fingerprint density at radius 2 is 1.20 bits per heavy atom. The summed E-state index contributed by atoms with van der Waals surface area (Å²) in [6, 6.07) is 48.9. The van der Waals surface area contributed by atoms with Crippen LogP contribution in [-0.2, 0) is 0 Å². The van der Waals surface area contributed by atoms with Crippen molar-refractivity contribution in [2.75, 3.05) is 0 Å². The Kier molecular flexibility index (Phi) is 5.12. The average molecular weight is 594 g/mol. The van der Waals surface area contributed by atoms with Crippen molar-refractivity contribution in [1.82, 2.24) is 14.5 Å². The normalized spacial score (nSPS) is 12.0. The van der Waals surface area contributed by atoms with Crippen molar-refractivity contribution in [2.24, 2.45) is 0 Å². The van der Waals surface area contributed by atoms with E-state index in [9.17, 15) is 0 Å². The molecule has 0 N–H and O–H groups in total. The van der Waals surface area contributed by atoms with Gasteiger partial charge < -0.3 is 8.98 Å². The van der Waals surface area contributed by atoms with Gasteiger partial charge in [-0.3, -0.25) is 0 Å². The molecule has 0 aliphatic heterocycles. The maximum absolute atomic E-state index is 6.59. The summed E-state index contributed by atoms with van der Waals surface area (Å²) in [6.07, 6.45) is 0. The van der Waals surface area contributed by atoms with E-state index in [1.165, 1.54) is 42.0 Å². The van der Waals surface area contributed by atoms with E-state index < -0.39 is 0 Å². The van der Waals surface area contributed by atoms with E-state index in [0.717, 1.165) is 39.0 Å². The van der Waals surface area contributed by atoms with Crippen molar-refractivity contribution in [2.45, 2.75) is 0 Å². The van der Waals surface area contributed by atoms with Crippen molar-refractivity contribution in [3.63, 3.8) is 0 Å². The summed E-state index contributed by atoms with van der Waals surface area (Å²) in [5, 5.41) is 5.95. The van der Waals surface area contributed by atoms with E-state index >= 15 is 0 Å². The van der Waals surface area contributed by atoms with Crippen LogP contribution in [0.3, 0.4) is 0 Å². The molecule has 4 heterocycles. The number of para-hydroxylation sites is 2. The number of rotatable bonds is 3. The minimum Gasteiger partial charge on any atom is -0.452 e. The lowest BCUT2D eigenvalue weighted by atomic mass is 10.1. The largest absolute Gasteiger partial charge is 0.452 e. The first kappa shape index (κ1) is 24.6. The molecule has 10 rings (SSSR count). The number of nitrogens with zero attached hydrogens (tertiary/aromatic N) is 3. The highest BCUT2D eigenvalue weighted by molar-refractivity contribution is 7.25. The molecule has 0 aliphatic rings. The summed E-state index contributed by atoms with van der Waals surface area (Å²) in [6.45, 7) is 0. The van der Waals surface area contributed by atoms with Crippen LogP contribution in [0.2, 0.25) is 0 Å². The van der Waals surface area contributed by atoms with Gasteiger partial charge in [-0.1, -0.05) is 97.1 Å². The minimum absolute atomic E-state index is 0.668. The molecule has 0 saturated heterocycles. The van der Waals surface area contributed by atoms with E-state index in [0.29, 0.717) is 11.4 Å². The number of furan rings is 1. The lowest BCUT2D eigenvalue weighted by molar-refractivity contribution is 0.668. The zero-order chi connectivity index (χ0) is 29.5. The van der Waals surface area contributed by atoms with Crippen LogP contribution >= 0.6 is 11.3 Å². The van der Waals surface area contributed by atoms with Crippen LogP contribution in [0.4, 0.5) is 0 Å². The van der Waals surface area contributed by atoms with E-state index in [2.05, 4.69) is 126 Å². The number of fused-ring (bicyclic) bond motifs is 9. The smallest absolute Gasteiger partial charge is 0.180 e. The third-order valence-corrected chi connectivity index (χ3v) is 9.94. The molecule has 4 nitrogen and oxygen atoms in total. The van der Waals surface area contributed by atoms with Crippen molar-refractivity contribution < 1.29 is 4.42 Å². The Balaban J connectivity index is 1.24. The van der Waals surface area contributed by atoms with Gasteiger partial charge in [0, 0.05) is 53.1 Å². The van der Waals surface area contributed by atoms with Gasteiger partial charge in [-0.2, -0.15) is 0 Å². The van der Waals surface area contributed by atoms with Gasteiger partial charge >= 0.3 is 0 Å². The minimum atomic E-state index is 0.668. The van der Waals surface area contributed by atoms with Crippen LogP contribution in [0, 0.1) is 0 Å². The van der Waals surface area contributed by atoms with Crippen molar-refractivity contribution in [3.8, 4) is 28.3 Å². The molecule has 5 heteroatoms. The van der Waals surface area contributed by atoms with Crippen molar-refractivity contribution in [1.29, 1.82) is 0 Å². The van der Waals surface area contributed by atoms with Crippen molar-refractivity contribution in [3.05, 3.63) is 140 Å². The highest BCUT2D eigenvalue weighted by atomic mass is 32.1. The Hall–Kier alpha value is -5.78. The first-order valence-corrected chi connectivity index (χ1v) is 15.8. The van der Waals surface area contributed by atoms with E-state index in [1.54, 1.807) is 11.3 Å². The second kappa shape index (κ2) is 9.36. The highest BCUT2D eigenvalue weighted by Gasteiger charge is 2.20. The molecule has 0 bridgehead atoms. The van der Waals surface area contributed by atoms with E-state index in [4.69, 9.17) is 14.4 Å². The maximum Gasteiger partial charge on any atom is 0.180 e. The second-order valence-electron chi connectivity index (χ2n) is 11.4. The standard InChI is InChI=1S/C40H23N3OS/c1-2-11-24(12-3-1)37-39-38(31-22-30-29-17-6-9-20-35(29)45-36(30)23-34(31)44-39)42-40(41-37)25-13-10-14-26(21-25)43-32-18-7-4-15-27(32)28-16-5-8-19-33(28)43/h1-23H. The maximum atomic E-state index is 6.59. The van der Waals surface area contributed by atoms with E-state index in [-0.39, 0.29) is 0 Å². The van der Waals surface area contributed by atoms with Gasteiger partial charge in [0.2, 0.25) is 0 Å². The van der Waals surface area contributed by atoms with Gasteiger partial charge in [-0.25, -0.2) is 9.97 Å². The fraction of sp³-hybridized carbons (Fsp3) is 0. The quantitative estimate of drug-likeness (QED) is 0.205. The molecular formula is C40H23N3OS. The molecule has 0 radical (unpaired) electrons. The summed E-state index contributed by atoms with van der Waals surface area (Å²) in [5.74, 6) is 0.668. The zero-order valence-corrected chi connectivity index (χ0v) is 24.8. The molecule has 0 aliphatic carbocycles. The van der Waals surface area contributed by atoms with Gasteiger partial charge in [0.25, 0.3) is 0 Å². The third-order valence-electron chi connectivity index (χ3n) is 8.80. The number of benzene rings is 6. The number of hydrogen-bond donors (Lipinski definition) is 0. The van der Waals surface area contributed by atoms with Gasteiger partial charge in [0.1, 0.15) is 16.8 Å². The fourth-order valence-corrected chi connectivity index (χ4v) is 7.88. The topological polar surface area (TPSA) is 43.9 Å². The number of hydrogen-bond acceptors (Lipinski definition) is 4. The number of aromatic nitrogens is 3. The molecule has 0 spiro atoms. The molecule has 0 saturated carbocycles. The van der Waals surface area contributed by atoms with Crippen molar-refractivity contribution >= 4 is 75.4 Å². The monoisotopic (exact) mass is 593 g/mol. The van der Waals surface area contributed by atoms with Crippen LogP contribution in [-0.4, -0.2) is 14.5 Å². The van der Waals surface area contributed by atoms with E-state index in [1.807, 2.05) is 18.2 Å².